The number of nitrogens with two attached hydrogens (primary N) is 4. The molecule has 0 aromatic carbocycles. The number of nitrogens with zero attached hydrogens (tertiary/aromatic N) is 2. The van der Waals surface area contributed by atoms with Gasteiger partial charge in [0.1, 0.15) is 5.78 Å². The Bertz CT molecular complexity index is 579. The summed E-state index contributed by atoms with van der Waals surface area (Å²) in [6, 6.07) is 0. The van der Waals surface area contributed by atoms with Gasteiger partial charge < -0.3 is 21.2 Å². The van der Waals surface area contributed by atoms with E-state index in [-0.39, 0.29) is 0 Å². The number of carbonyl (C=O) groups is 1. The molecule has 0 heterocycles. The smallest absolute Gasteiger partial charge is 0.129 e. The maximum atomic E-state index is 10.7. The number of ketones is 1. The molecular weight excluding hydrogens is 562 g/mol. The highest BCUT2D eigenvalue weighted by Gasteiger charge is 1.98. The van der Waals surface area contributed by atoms with Crippen molar-refractivity contribution < 1.29 is 4.79 Å². The minimum atomic E-state index is 0.345. The average molecular weight is 644 g/mol. The molecule has 0 saturated carbocycles. The Kier molecular flexibility index (Phi) is 46.0. The SMILES string of the molecule is C=C(CN)NCCCNCCCCN(N)CCCNN.CCCCCCCCCCCCCCCC(C)=O.CCCCN(C)N. The number of carbonyl (C=O) groups excluding carboxylic acids is 1. The molecule has 0 fully saturated rings. The zero-order valence-electron chi connectivity index (χ0n) is 30.6. The van der Waals surface area contributed by atoms with Crippen molar-refractivity contribution in [2.24, 2.45) is 23.3 Å². The molecule has 0 bridgehead atoms. The first-order chi connectivity index (χ1) is 21.7. The summed E-state index contributed by atoms with van der Waals surface area (Å²) in [5.41, 5.74) is 8.95. The van der Waals surface area contributed by atoms with Crippen LogP contribution in [0.4, 0.5) is 0 Å². The molecule has 0 spiro atoms. The maximum absolute atomic E-state index is 10.7. The zero-order valence-corrected chi connectivity index (χ0v) is 30.6. The molecular formula is C35H81N9O. The summed E-state index contributed by atoms with van der Waals surface area (Å²) >= 11 is 0. The molecule has 0 radical (unpaired) electrons. The first-order valence-electron chi connectivity index (χ1n) is 18.5. The first kappa shape index (κ1) is 48.3. The van der Waals surface area contributed by atoms with Crippen LogP contribution in [-0.4, -0.2) is 75.2 Å². The van der Waals surface area contributed by atoms with Crippen molar-refractivity contribution in [2.75, 3.05) is 59.4 Å². The third-order valence-electron chi connectivity index (χ3n) is 7.46. The van der Waals surface area contributed by atoms with E-state index >= 15 is 0 Å². The summed E-state index contributed by atoms with van der Waals surface area (Å²) in [6.45, 7) is 17.0. The Labute approximate surface area is 280 Å². The van der Waals surface area contributed by atoms with Gasteiger partial charge in [-0.25, -0.2) is 5.01 Å². The average Bonchev–Trinajstić information content (AvgIpc) is 3.01. The molecule has 0 unspecified atom stereocenters. The van der Waals surface area contributed by atoms with Gasteiger partial charge in [0.25, 0.3) is 0 Å². The van der Waals surface area contributed by atoms with Crippen molar-refractivity contribution in [3.8, 4) is 0 Å². The Balaban J connectivity index is -0.000000650. The van der Waals surface area contributed by atoms with Gasteiger partial charge in [0.05, 0.1) is 0 Å². The van der Waals surface area contributed by atoms with Gasteiger partial charge in [-0.3, -0.25) is 28.0 Å². The van der Waals surface area contributed by atoms with Crippen LogP contribution in [0, 0.1) is 0 Å². The third kappa shape index (κ3) is 52.7. The van der Waals surface area contributed by atoms with Gasteiger partial charge in [0.2, 0.25) is 0 Å². The molecule has 0 saturated heterocycles. The van der Waals surface area contributed by atoms with E-state index in [1.807, 2.05) is 12.1 Å². The molecule has 10 nitrogen and oxygen atoms in total. The van der Waals surface area contributed by atoms with Gasteiger partial charge in [-0.15, -0.1) is 0 Å². The largest absolute Gasteiger partial charge is 0.388 e. The van der Waals surface area contributed by atoms with E-state index in [0.29, 0.717) is 12.3 Å². The standard InChI is InChI=1S/C17H34O.C13H33N7.C5H14N2/c1-3-4-5-6-7-8-9-10-11-12-13-14-15-16-17(2)18;1-13(12-14)18-8-4-7-17-6-2-3-10-20(16)11-5-9-19-15;1-3-4-5-7(2)6/h3-16H2,1-2H3;17-19H,1-12,14-16H2;3-6H2,1-2H3. The third-order valence-corrected chi connectivity index (χ3v) is 7.46. The number of hydrogen-bond donors (Lipinski definition) is 7. The lowest BCUT2D eigenvalue weighted by atomic mass is 10.0. The monoisotopic (exact) mass is 644 g/mol. The predicted molar refractivity (Wildman–Crippen MR) is 198 cm³/mol. The highest BCUT2D eigenvalue weighted by atomic mass is 16.1. The summed E-state index contributed by atoms with van der Waals surface area (Å²) in [6.07, 6.45) is 25.3. The Morgan fingerprint density at radius 3 is 1.62 bits per heavy atom. The Morgan fingerprint density at radius 2 is 1.16 bits per heavy atom. The van der Waals surface area contributed by atoms with Gasteiger partial charge in [0, 0.05) is 58.4 Å². The summed E-state index contributed by atoms with van der Waals surface area (Å²) in [5.74, 6) is 16.7. The summed E-state index contributed by atoms with van der Waals surface area (Å²) in [4.78, 5) is 10.7. The topological polar surface area (TPSA) is 164 Å². The lowest BCUT2D eigenvalue weighted by Crippen LogP contribution is -2.35. The number of rotatable bonds is 32. The molecule has 0 amide bonds. The van der Waals surface area contributed by atoms with Crippen LogP contribution < -0.4 is 39.3 Å². The summed E-state index contributed by atoms with van der Waals surface area (Å²) in [7, 11) is 1.88. The molecule has 0 aliphatic heterocycles. The van der Waals surface area contributed by atoms with Crippen molar-refractivity contribution in [3.05, 3.63) is 12.3 Å². The van der Waals surface area contributed by atoms with E-state index in [1.165, 1.54) is 89.9 Å². The number of nitrogens with one attached hydrogen (secondary N) is 3. The first-order valence-corrected chi connectivity index (χ1v) is 18.5. The quantitative estimate of drug-likeness (QED) is 0.0283. The second-order valence-electron chi connectivity index (χ2n) is 12.4. The van der Waals surface area contributed by atoms with Gasteiger partial charge in [-0.1, -0.05) is 104 Å². The van der Waals surface area contributed by atoms with Crippen LogP contribution in [0.25, 0.3) is 0 Å². The second kappa shape index (κ2) is 42.9. The lowest BCUT2D eigenvalue weighted by molar-refractivity contribution is -0.117. The predicted octanol–water partition coefficient (Wildman–Crippen LogP) is 5.49. The summed E-state index contributed by atoms with van der Waals surface area (Å²) < 4.78 is 0. The van der Waals surface area contributed by atoms with Gasteiger partial charge in [-0.2, -0.15) is 0 Å². The van der Waals surface area contributed by atoms with Gasteiger partial charge >= 0.3 is 0 Å². The molecule has 272 valence electrons. The molecule has 11 N–H and O–H groups in total. The maximum Gasteiger partial charge on any atom is 0.129 e. The molecule has 0 atom stereocenters. The van der Waals surface area contributed by atoms with Crippen LogP contribution in [0.2, 0.25) is 0 Å². The van der Waals surface area contributed by atoms with Gasteiger partial charge in [0.15, 0.2) is 0 Å². The molecule has 0 aromatic rings. The molecule has 0 aliphatic carbocycles. The van der Waals surface area contributed by atoms with Crippen LogP contribution in [0.1, 0.15) is 149 Å². The normalized spacial score (nSPS) is 10.8. The highest BCUT2D eigenvalue weighted by molar-refractivity contribution is 5.75. The second-order valence-corrected chi connectivity index (χ2v) is 12.4. The molecule has 10 heteroatoms. The van der Waals surface area contributed by atoms with E-state index in [9.17, 15) is 4.79 Å². The highest BCUT2D eigenvalue weighted by Crippen LogP contribution is 2.12. The molecule has 0 aliphatic rings. The minimum absolute atomic E-state index is 0.345. The number of hydrogen-bond acceptors (Lipinski definition) is 10. The van der Waals surface area contributed by atoms with Crippen LogP contribution in [0.15, 0.2) is 12.3 Å². The summed E-state index contributed by atoms with van der Waals surface area (Å²) in [5, 5.41) is 10.2. The number of hydrazine groups is 3. The van der Waals surface area contributed by atoms with E-state index < -0.39 is 0 Å². The van der Waals surface area contributed by atoms with Crippen molar-refractivity contribution in [1.29, 1.82) is 0 Å². The Morgan fingerprint density at radius 1 is 0.644 bits per heavy atom. The van der Waals surface area contributed by atoms with E-state index in [2.05, 4.69) is 36.5 Å². The van der Waals surface area contributed by atoms with Crippen molar-refractivity contribution in [1.82, 2.24) is 26.1 Å². The van der Waals surface area contributed by atoms with Crippen LogP contribution in [0.5, 0.6) is 0 Å². The number of unbranched alkanes of at least 4 members (excludes halogenated alkanes) is 14. The fourth-order valence-electron chi connectivity index (χ4n) is 4.54. The minimum Gasteiger partial charge on any atom is -0.388 e. The van der Waals surface area contributed by atoms with Crippen molar-refractivity contribution >= 4 is 5.78 Å². The van der Waals surface area contributed by atoms with Crippen molar-refractivity contribution in [3.63, 3.8) is 0 Å². The van der Waals surface area contributed by atoms with Crippen LogP contribution in [0.3, 0.4) is 0 Å². The number of Topliss-reactive ketones (excluding diaryl/α,β-unsaturated/α-hetero) is 1. The molecule has 0 aromatic heterocycles. The fourth-order valence-corrected chi connectivity index (χ4v) is 4.54. The Hall–Kier alpha value is -1.11. The molecule has 0 rings (SSSR count). The van der Waals surface area contributed by atoms with Crippen molar-refractivity contribution in [2.45, 2.75) is 149 Å². The van der Waals surface area contributed by atoms with E-state index in [0.717, 1.165) is 90.0 Å². The van der Waals surface area contributed by atoms with Gasteiger partial charge in [-0.05, 0) is 58.5 Å². The van der Waals surface area contributed by atoms with Crippen LogP contribution >= 0.6 is 0 Å². The van der Waals surface area contributed by atoms with E-state index in [1.54, 1.807) is 11.9 Å². The zero-order chi connectivity index (χ0) is 34.2. The molecule has 45 heavy (non-hydrogen) atoms. The van der Waals surface area contributed by atoms with Crippen LogP contribution in [-0.2, 0) is 4.79 Å². The van der Waals surface area contributed by atoms with E-state index in [4.69, 9.17) is 23.3 Å². The fraction of sp³-hybridized carbons (Fsp3) is 0.914. The lowest BCUT2D eigenvalue weighted by Gasteiger charge is -2.15.